The highest BCUT2D eigenvalue weighted by Crippen LogP contribution is 2.54. The van der Waals surface area contributed by atoms with Crippen LogP contribution < -0.4 is 0 Å². The molecule has 1 spiro atoms. The van der Waals surface area contributed by atoms with Crippen molar-refractivity contribution in [2.45, 2.75) is 32.1 Å². The van der Waals surface area contributed by atoms with Crippen molar-refractivity contribution >= 4 is 11.1 Å². The SMILES string of the molecule is CCC1=CC2(C=C(CC)c3ccc(O)cc32)c2cc(O)ccc21. The molecule has 0 saturated carbocycles. The molecule has 0 amide bonds. The van der Waals surface area contributed by atoms with Crippen LogP contribution >= 0.6 is 0 Å². The van der Waals surface area contributed by atoms with E-state index >= 15 is 0 Å². The minimum absolute atomic E-state index is 0.286. The first-order valence-corrected chi connectivity index (χ1v) is 8.20. The van der Waals surface area contributed by atoms with Gasteiger partial charge in [-0.15, -0.1) is 0 Å². The van der Waals surface area contributed by atoms with Gasteiger partial charge in [0.1, 0.15) is 11.5 Å². The fourth-order valence-corrected chi connectivity index (χ4v) is 4.10. The molecule has 2 N–H and O–H groups in total. The molecule has 0 atom stereocenters. The Morgan fingerprint density at radius 2 is 1.17 bits per heavy atom. The predicted molar refractivity (Wildman–Crippen MR) is 93.5 cm³/mol. The number of allylic oxidation sites excluding steroid dienone is 4. The highest BCUT2D eigenvalue weighted by atomic mass is 16.3. The van der Waals surface area contributed by atoms with Crippen molar-refractivity contribution in [1.82, 2.24) is 0 Å². The van der Waals surface area contributed by atoms with Crippen LogP contribution in [0.1, 0.15) is 48.9 Å². The summed E-state index contributed by atoms with van der Waals surface area (Å²) in [5, 5.41) is 20.1. The second kappa shape index (κ2) is 4.76. The molecule has 2 heteroatoms. The molecular formula is C21H20O2. The van der Waals surface area contributed by atoms with E-state index in [4.69, 9.17) is 0 Å². The number of hydrogen-bond donors (Lipinski definition) is 2. The average Bonchev–Trinajstić information content (AvgIpc) is 3.03. The van der Waals surface area contributed by atoms with E-state index < -0.39 is 0 Å². The summed E-state index contributed by atoms with van der Waals surface area (Å²) >= 11 is 0. The average molecular weight is 304 g/mol. The molecule has 0 aliphatic heterocycles. The monoisotopic (exact) mass is 304 g/mol. The molecule has 2 aromatic rings. The molecule has 2 nitrogen and oxygen atoms in total. The number of hydrogen-bond acceptors (Lipinski definition) is 2. The third-order valence-corrected chi connectivity index (χ3v) is 5.16. The first kappa shape index (κ1) is 14.1. The third kappa shape index (κ3) is 1.81. The Kier molecular flexibility index (Phi) is 2.92. The van der Waals surface area contributed by atoms with Gasteiger partial charge in [-0.1, -0.05) is 38.1 Å². The number of rotatable bonds is 2. The van der Waals surface area contributed by atoms with Crippen molar-refractivity contribution in [3.05, 3.63) is 70.8 Å². The van der Waals surface area contributed by atoms with Crippen molar-refractivity contribution in [2.75, 3.05) is 0 Å². The molecule has 0 unspecified atom stereocenters. The summed E-state index contributed by atoms with van der Waals surface area (Å²) in [6.07, 6.45) is 6.50. The van der Waals surface area contributed by atoms with Crippen LogP contribution in [0, 0.1) is 0 Å². The van der Waals surface area contributed by atoms with E-state index in [1.807, 2.05) is 24.3 Å². The molecule has 0 aromatic heterocycles. The maximum Gasteiger partial charge on any atom is 0.115 e. The van der Waals surface area contributed by atoms with E-state index in [0.29, 0.717) is 0 Å². The summed E-state index contributed by atoms with van der Waals surface area (Å²) in [7, 11) is 0. The molecule has 23 heavy (non-hydrogen) atoms. The van der Waals surface area contributed by atoms with Gasteiger partial charge in [-0.3, -0.25) is 0 Å². The van der Waals surface area contributed by atoms with Gasteiger partial charge in [0.2, 0.25) is 0 Å². The Hall–Kier alpha value is -2.48. The Bertz CT molecular complexity index is 798. The number of phenols is 2. The molecule has 0 fully saturated rings. The van der Waals surface area contributed by atoms with Crippen LogP contribution in [0.2, 0.25) is 0 Å². The highest BCUT2D eigenvalue weighted by Gasteiger charge is 2.43. The van der Waals surface area contributed by atoms with Crippen molar-refractivity contribution in [3.63, 3.8) is 0 Å². The fraction of sp³-hybridized carbons (Fsp3) is 0.238. The number of aromatic hydroxyl groups is 2. The zero-order valence-electron chi connectivity index (χ0n) is 13.4. The number of benzene rings is 2. The van der Waals surface area contributed by atoms with E-state index in [0.717, 1.165) is 24.0 Å². The van der Waals surface area contributed by atoms with E-state index in [2.05, 4.69) is 26.0 Å². The van der Waals surface area contributed by atoms with Crippen LogP contribution in [0.4, 0.5) is 0 Å². The zero-order valence-corrected chi connectivity index (χ0v) is 13.4. The molecule has 2 aromatic carbocycles. The molecule has 2 aliphatic rings. The number of phenolic OH excluding ortho intramolecular Hbond substituents is 2. The van der Waals surface area contributed by atoms with Crippen LogP contribution in [-0.4, -0.2) is 10.2 Å². The lowest BCUT2D eigenvalue weighted by Crippen LogP contribution is -2.18. The second-order valence-corrected chi connectivity index (χ2v) is 6.38. The van der Waals surface area contributed by atoms with E-state index in [1.165, 1.54) is 22.3 Å². The van der Waals surface area contributed by atoms with Gasteiger partial charge in [0.05, 0.1) is 5.41 Å². The van der Waals surface area contributed by atoms with Gasteiger partial charge in [-0.25, -0.2) is 0 Å². The minimum atomic E-state index is -0.362. The molecule has 116 valence electrons. The summed E-state index contributed by atoms with van der Waals surface area (Å²) in [5.41, 5.74) is 6.86. The normalized spacial score (nSPS) is 17.0. The van der Waals surface area contributed by atoms with Crippen molar-refractivity contribution in [3.8, 4) is 11.5 Å². The maximum absolute atomic E-state index is 10.0. The van der Waals surface area contributed by atoms with Gasteiger partial charge in [-0.2, -0.15) is 0 Å². The fourth-order valence-electron chi connectivity index (χ4n) is 4.10. The lowest BCUT2D eigenvalue weighted by Gasteiger charge is -2.24. The van der Waals surface area contributed by atoms with Crippen molar-refractivity contribution in [2.24, 2.45) is 0 Å². The Morgan fingerprint density at radius 3 is 1.57 bits per heavy atom. The standard InChI is InChI=1S/C21H20O2/c1-3-13-11-21(19-9-15(22)5-7-17(13)19)12-14(4-2)18-8-6-16(23)10-20(18)21/h5-12,22-23H,3-4H2,1-2H3. The smallest absolute Gasteiger partial charge is 0.115 e. The number of fused-ring (bicyclic) bond motifs is 4. The van der Waals surface area contributed by atoms with Gasteiger partial charge in [-0.05, 0) is 70.5 Å². The molecule has 0 bridgehead atoms. The quantitative estimate of drug-likeness (QED) is 0.820. The first-order valence-electron chi connectivity index (χ1n) is 8.20. The molecule has 0 radical (unpaired) electrons. The van der Waals surface area contributed by atoms with Crippen LogP contribution in [0.25, 0.3) is 11.1 Å². The Labute approximate surface area is 136 Å². The Morgan fingerprint density at radius 1 is 0.739 bits per heavy atom. The van der Waals surface area contributed by atoms with Gasteiger partial charge in [0, 0.05) is 0 Å². The Balaban J connectivity index is 2.07. The second-order valence-electron chi connectivity index (χ2n) is 6.38. The largest absolute Gasteiger partial charge is 0.508 e. The molecule has 0 heterocycles. The molecular weight excluding hydrogens is 284 g/mol. The molecule has 0 saturated heterocycles. The summed E-state index contributed by atoms with van der Waals surface area (Å²) in [6, 6.07) is 11.3. The predicted octanol–water partition coefficient (Wildman–Crippen LogP) is 5.00. The summed E-state index contributed by atoms with van der Waals surface area (Å²) in [4.78, 5) is 0. The maximum atomic E-state index is 10.0. The van der Waals surface area contributed by atoms with Crippen LogP contribution in [0.3, 0.4) is 0 Å². The first-order chi connectivity index (χ1) is 11.1. The van der Waals surface area contributed by atoms with Crippen LogP contribution in [0.5, 0.6) is 11.5 Å². The zero-order chi connectivity index (χ0) is 16.2. The highest BCUT2D eigenvalue weighted by molar-refractivity contribution is 5.89. The summed E-state index contributed by atoms with van der Waals surface area (Å²) in [5.74, 6) is 0.572. The van der Waals surface area contributed by atoms with Gasteiger partial charge in [0.15, 0.2) is 0 Å². The summed E-state index contributed by atoms with van der Waals surface area (Å²) < 4.78 is 0. The molecule has 2 aliphatic carbocycles. The van der Waals surface area contributed by atoms with Crippen LogP contribution in [0.15, 0.2) is 48.6 Å². The van der Waals surface area contributed by atoms with Gasteiger partial charge >= 0.3 is 0 Å². The van der Waals surface area contributed by atoms with Crippen molar-refractivity contribution < 1.29 is 10.2 Å². The lowest BCUT2D eigenvalue weighted by atomic mass is 9.78. The van der Waals surface area contributed by atoms with Crippen LogP contribution in [-0.2, 0) is 5.41 Å². The summed E-state index contributed by atoms with van der Waals surface area (Å²) in [6.45, 7) is 4.31. The molecule has 4 rings (SSSR count). The topological polar surface area (TPSA) is 40.5 Å². The van der Waals surface area contributed by atoms with E-state index in [-0.39, 0.29) is 16.9 Å². The van der Waals surface area contributed by atoms with Crippen molar-refractivity contribution in [1.29, 1.82) is 0 Å². The van der Waals surface area contributed by atoms with E-state index in [1.54, 1.807) is 12.1 Å². The van der Waals surface area contributed by atoms with E-state index in [9.17, 15) is 10.2 Å². The third-order valence-electron chi connectivity index (χ3n) is 5.16. The minimum Gasteiger partial charge on any atom is -0.508 e. The van der Waals surface area contributed by atoms with Gasteiger partial charge < -0.3 is 10.2 Å². The van der Waals surface area contributed by atoms with Gasteiger partial charge in [0.25, 0.3) is 0 Å². The lowest BCUT2D eigenvalue weighted by molar-refractivity contribution is 0.473.